The molecular formula is C13H18N2O. The maximum atomic E-state index is 8.74. The predicted molar refractivity (Wildman–Crippen MR) is 65.5 cm³/mol. The second-order valence-corrected chi connectivity index (χ2v) is 3.77. The lowest BCUT2D eigenvalue weighted by Crippen LogP contribution is -2.04. The van der Waals surface area contributed by atoms with Gasteiger partial charge < -0.3 is 10.1 Å². The molecule has 0 unspecified atom stereocenters. The molecule has 1 N–H and O–H groups in total. The highest BCUT2D eigenvalue weighted by atomic mass is 16.5. The van der Waals surface area contributed by atoms with Crippen molar-refractivity contribution < 1.29 is 4.74 Å². The third kappa shape index (κ3) is 3.92. The Kier molecular flexibility index (Phi) is 5.38. The Labute approximate surface area is 97.0 Å². The van der Waals surface area contributed by atoms with Crippen LogP contribution in [-0.2, 0) is 4.74 Å². The number of hydrogen-bond acceptors (Lipinski definition) is 3. The van der Waals surface area contributed by atoms with Gasteiger partial charge in [0.15, 0.2) is 0 Å². The van der Waals surface area contributed by atoms with Crippen LogP contribution in [0.4, 0.5) is 5.69 Å². The molecule has 1 rings (SSSR count). The molecule has 0 bridgehead atoms. The molecule has 0 aliphatic heterocycles. The quantitative estimate of drug-likeness (QED) is 0.747. The summed E-state index contributed by atoms with van der Waals surface area (Å²) in [6.45, 7) is 3.77. The fourth-order valence-electron chi connectivity index (χ4n) is 1.53. The molecule has 0 saturated carbocycles. The summed E-state index contributed by atoms with van der Waals surface area (Å²) in [6, 6.07) is 7.84. The van der Waals surface area contributed by atoms with Gasteiger partial charge in [0.05, 0.1) is 11.6 Å². The summed E-state index contributed by atoms with van der Waals surface area (Å²) in [6.07, 6.45) is 2.16. The van der Waals surface area contributed by atoms with E-state index in [-0.39, 0.29) is 0 Å². The fraction of sp³-hybridized carbons (Fsp3) is 0.462. The number of rotatable bonds is 6. The summed E-state index contributed by atoms with van der Waals surface area (Å²) >= 11 is 0. The number of benzene rings is 1. The van der Waals surface area contributed by atoms with Gasteiger partial charge in [-0.25, -0.2) is 0 Å². The maximum absolute atomic E-state index is 8.74. The first-order chi connectivity index (χ1) is 7.77. The van der Waals surface area contributed by atoms with Crippen molar-refractivity contribution in [2.75, 3.05) is 25.6 Å². The van der Waals surface area contributed by atoms with Crippen LogP contribution in [0.15, 0.2) is 18.2 Å². The maximum Gasteiger partial charge on any atom is 0.0991 e. The van der Waals surface area contributed by atoms with Gasteiger partial charge in [0.2, 0.25) is 0 Å². The highest BCUT2D eigenvalue weighted by Gasteiger charge is 1.98. The Hall–Kier alpha value is -1.53. The molecule has 3 heteroatoms. The molecule has 1 aromatic carbocycles. The molecule has 0 amide bonds. The van der Waals surface area contributed by atoms with Gasteiger partial charge in [-0.1, -0.05) is 0 Å². The molecule has 0 aliphatic carbocycles. The Morgan fingerprint density at radius 2 is 2.19 bits per heavy atom. The van der Waals surface area contributed by atoms with E-state index in [1.807, 2.05) is 25.1 Å². The first kappa shape index (κ1) is 12.5. The minimum atomic E-state index is 0.711. The lowest BCUT2D eigenvalue weighted by molar-refractivity contribution is 0.194. The molecule has 0 heterocycles. The van der Waals surface area contributed by atoms with E-state index in [2.05, 4.69) is 11.4 Å². The molecule has 0 aromatic heterocycles. The number of hydrogen-bond donors (Lipinski definition) is 1. The van der Waals surface area contributed by atoms with E-state index >= 15 is 0 Å². The molecule has 0 radical (unpaired) electrons. The van der Waals surface area contributed by atoms with Crippen molar-refractivity contribution in [2.45, 2.75) is 19.8 Å². The molecule has 0 spiro atoms. The topological polar surface area (TPSA) is 45.0 Å². The van der Waals surface area contributed by atoms with Gasteiger partial charge in [0.25, 0.3) is 0 Å². The number of nitriles is 1. The summed E-state index contributed by atoms with van der Waals surface area (Å²) in [5.41, 5.74) is 2.93. The molecule has 1 aromatic rings. The van der Waals surface area contributed by atoms with Crippen LogP contribution in [0, 0.1) is 18.3 Å². The van der Waals surface area contributed by atoms with E-state index in [4.69, 9.17) is 10.00 Å². The van der Waals surface area contributed by atoms with Crippen molar-refractivity contribution in [3.63, 3.8) is 0 Å². The Morgan fingerprint density at radius 3 is 2.81 bits per heavy atom. The van der Waals surface area contributed by atoms with Crippen molar-refractivity contribution >= 4 is 5.69 Å². The van der Waals surface area contributed by atoms with E-state index in [0.29, 0.717) is 5.56 Å². The van der Waals surface area contributed by atoms with Crippen LogP contribution in [-0.4, -0.2) is 20.3 Å². The highest BCUT2D eigenvalue weighted by Crippen LogP contribution is 2.15. The van der Waals surface area contributed by atoms with Crippen LogP contribution in [0.2, 0.25) is 0 Å². The van der Waals surface area contributed by atoms with Crippen molar-refractivity contribution in [1.29, 1.82) is 5.26 Å². The SMILES string of the molecule is COCCCCNc1ccc(C#N)cc1C. The number of aryl methyl sites for hydroxylation is 1. The van der Waals surface area contributed by atoms with Gasteiger partial charge >= 0.3 is 0 Å². The van der Waals surface area contributed by atoms with E-state index in [0.717, 1.165) is 37.2 Å². The monoisotopic (exact) mass is 218 g/mol. The normalized spacial score (nSPS) is 9.81. The molecule has 0 fully saturated rings. The third-order valence-electron chi connectivity index (χ3n) is 2.45. The van der Waals surface area contributed by atoms with Crippen LogP contribution in [0.3, 0.4) is 0 Å². The molecule has 0 saturated heterocycles. The number of ether oxygens (including phenoxy) is 1. The first-order valence-electron chi connectivity index (χ1n) is 5.51. The van der Waals surface area contributed by atoms with Crippen LogP contribution in [0.25, 0.3) is 0 Å². The van der Waals surface area contributed by atoms with Gasteiger partial charge in [0, 0.05) is 25.9 Å². The summed E-state index contributed by atoms with van der Waals surface area (Å²) in [5.74, 6) is 0. The summed E-state index contributed by atoms with van der Waals surface area (Å²) in [7, 11) is 1.72. The summed E-state index contributed by atoms with van der Waals surface area (Å²) < 4.78 is 4.98. The van der Waals surface area contributed by atoms with Crippen LogP contribution >= 0.6 is 0 Å². The second kappa shape index (κ2) is 6.86. The average Bonchev–Trinajstić information content (AvgIpc) is 2.30. The Balaban J connectivity index is 2.40. The summed E-state index contributed by atoms with van der Waals surface area (Å²) in [5, 5.41) is 12.1. The number of nitrogens with one attached hydrogen (secondary N) is 1. The summed E-state index contributed by atoms with van der Waals surface area (Å²) in [4.78, 5) is 0. The van der Waals surface area contributed by atoms with Crippen molar-refractivity contribution in [2.24, 2.45) is 0 Å². The fourth-order valence-corrected chi connectivity index (χ4v) is 1.53. The Bertz CT molecular complexity index is 369. The predicted octanol–water partition coefficient (Wildman–Crippen LogP) is 2.71. The van der Waals surface area contributed by atoms with Gasteiger partial charge in [0.1, 0.15) is 0 Å². The van der Waals surface area contributed by atoms with Crippen LogP contribution in [0.5, 0.6) is 0 Å². The molecule has 16 heavy (non-hydrogen) atoms. The second-order valence-electron chi connectivity index (χ2n) is 3.77. The van der Waals surface area contributed by atoms with E-state index in [1.165, 1.54) is 0 Å². The van der Waals surface area contributed by atoms with Gasteiger partial charge in [-0.3, -0.25) is 0 Å². The zero-order chi connectivity index (χ0) is 11.8. The number of anilines is 1. The van der Waals surface area contributed by atoms with E-state index in [1.54, 1.807) is 7.11 Å². The van der Waals surface area contributed by atoms with Gasteiger partial charge in [-0.2, -0.15) is 5.26 Å². The number of unbranched alkanes of at least 4 members (excludes halogenated alkanes) is 1. The molecule has 0 atom stereocenters. The zero-order valence-corrected chi connectivity index (χ0v) is 9.92. The lowest BCUT2D eigenvalue weighted by atomic mass is 10.1. The third-order valence-corrected chi connectivity index (χ3v) is 2.45. The van der Waals surface area contributed by atoms with Crippen molar-refractivity contribution in [1.82, 2.24) is 0 Å². The van der Waals surface area contributed by atoms with Crippen molar-refractivity contribution in [3.8, 4) is 6.07 Å². The van der Waals surface area contributed by atoms with E-state index < -0.39 is 0 Å². The van der Waals surface area contributed by atoms with Gasteiger partial charge in [-0.05, 0) is 43.5 Å². The molecular weight excluding hydrogens is 200 g/mol. The lowest BCUT2D eigenvalue weighted by Gasteiger charge is -2.09. The zero-order valence-electron chi connectivity index (χ0n) is 9.92. The standard InChI is InChI=1S/C13H18N2O/c1-11-9-12(10-14)5-6-13(11)15-7-3-4-8-16-2/h5-6,9,15H,3-4,7-8H2,1-2H3. The molecule has 3 nitrogen and oxygen atoms in total. The molecule has 86 valence electrons. The Morgan fingerprint density at radius 1 is 1.38 bits per heavy atom. The average molecular weight is 218 g/mol. The minimum absolute atomic E-state index is 0.711. The molecule has 0 aliphatic rings. The highest BCUT2D eigenvalue weighted by molar-refractivity contribution is 5.53. The van der Waals surface area contributed by atoms with Crippen molar-refractivity contribution in [3.05, 3.63) is 29.3 Å². The largest absolute Gasteiger partial charge is 0.385 e. The van der Waals surface area contributed by atoms with Crippen LogP contribution < -0.4 is 5.32 Å². The first-order valence-corrected chi connectivity index (χ1v) is 5.51. The van der Waals surface area contributed by atoms with Gasteiger partial charge in [-0.15, -0.1) is 0 Å². The minimum Gasteiger partial charge on any atom is -0.385 e. The van der Waals surface area contributed by atoms with E-state index in [9.17, 15) is 0 Å². The van der Waals surface area contributed by atoms with Crippen LogP contribution in [0.1, 0.15) is 24.0 Å². The number of methoxy groups -OCH3 is 1. The number of nitrogens with zero attached hydrogens (tertiary/aromatic N) is 1. The smallest absolute Gasteiger partial charge is 0.0991 e.